The number of carbonyl (C=O) groups excluding carboxylic acids is 1. The number of nitrogens with one attached hydrogen (secondary N) is 1. The fourth-order valence-corrected chi connectivity index (χ4v) is 2.80. The predicted octanol–water partition coefficient (Wildman–Crippen LogP) is 2.03. The van der Waals surface area contributed by atoms with Gasteiger partial charge in [-0.3, -0.25) is 10.1 Å². The van der Waals surface area contributed by atoms with Gasteiger partial charge in [0.05, 0.1) is 5.92 Å². The maximum atomic E-state index is 12.0. The molecule has 2 rings (SSSR count). The molecule has 0 saturated carbocycles. The van der Waals surface area contributed by atoms with E-state index < -0.39 is 11.9 Å². The lowest BCUT2D eigenvalue weighted by Crippen LogP contribution is -2.44. The van der Waals surface area contributed by atoms with Crippen molar-refractivity contribution in [2.75, 3.05) is 18.4 Å². The van der Waals surface area contributed by atoms with Crippen LogP contribution in [0.4, 0.5) is 9.93 Å². The zero-order chi connectivity index (χ0) is 13.8. The Hall–Kier alpha value is -1.63. The van der Waals surface area contributed by atoms with Crippen LogP contribution in [0.3, 0.4) is 0 Å². The molecule has 6 nitrogen and oxygen atoms in total. The van der Waals surface area contributed by atoms with Gasteiger partial charge in [-0.1, -0.05) is 6.92 Å². The Morgan fingerprint density at radius 1 is 1.63 bits per heavy atom. The Morgan fingerprint density at radius 3 is 3.05 bits per heavy atom. The summed E-state index contributed by atoms with van der Waals surface area (Å²) in [5.74, 6) is -1.29. The normalized spacial score (nSPS) is 19.2. The second kappa shape index (κ2) is 6.01. The van der Waals surface area contributed by atoms with Crippen LogP contribution in [0.15, 0.2) is 6.20 Å². The van der Waals surface area contributed by atoms with E-state index in [1.807, 2.05) is 6.92 Å². The van der Waals surface area contributed by atoms with Crippen molar-refractivity contribution in [1.29, 1.82) is 0 Å². The number of aliphatic carboxylic acids is 1. The molecule has 1 aliphatic heterocycles. The number of aromatic nitrogens is 1. The monoisotopic (exact) mass is 283 g/mol. The molecule has 7 heteroatoms. The number of hydrogen-bond acceptors (Lipinski definition) is 4. The zero-order valence-electron chi connectivity index (χ0n) is 10.8. The van der Waals surface area contributed by atoms with E-state index in [0.29, 0.717) is 18.1 Å². The number of carbonyl (C=O) groups is 2. The maximum absolute atomic E-state index is 12.0. The number of anilines is 1. The van der Waals surface area contributed by atoms with Crippen LogP contribution in [0.1, 0.15) is 24.6 Å². The Balaban J connectivity index is 1.93. The van der Waals surface area contributed by atoms with Crippen LogP contribution in [0.5, 0.6) is 0 Å². The second-order valence-corrected chi connectivity index (χ2v) is 5.65. The lowest BCUT2D eigenvalue weighted by molar-refractivity contribution is -0.143. The summed E-state index contributed by atoms with van der Waals surface area (Å²) in [4.78, 5) is 29.8. The molecule has 104 valence electrons. The number of carboxylic acid groups (broad SMARTS) is 1. The number of rotatable bonds is 3. The van der Waals surface area contributed by atoms with Gasteiger partial charge in [0, 0.05) is 24.2 Å². The smallest absolute Gasteiger partial charge is 0.323 e. The third-order valence-electron chi connectivity index (χ3n) is 3.17. The minimum Gasteiger partial charge on any atom is -0.481 e. The Morgan fingerprint density at radius 2 is 2.42 bits per heavy atom. The molecule has 1 atom stereocenters. The summed E-state index contributed by atoms with van der Waals surface area (Å²) < 4.78 is 0. The number of carboxylic acids is 1. The zero-order valence-corrected chi connectivity index (χ0v) is 11.6. The third kappa shape index (κ3) is 3.44. The topological polar surface area (TPSA) is 82.5 Å². The molecular weight excluding hydrogens is 266 g/mol. The molecule has 1 aliphatic rings. The Labute approximate surface area is 115 Å². The molecule has 0 bridgehead atoms. The number of amides is 2. The van der Waals surface area contributed by atoms with Crippen molar-refractivity contribution in [3.8, 4) is 0 Å². The highest BCUT2D eigenvalue weighted by Crippen LogP contribution is 2.21. The van der Waals surface area contributed by atoms with Crippen molar-refractivity contribution in [2.24, 2.45) is 5.92 Å². The Kier molecular flexibility index (Phi) is 4.36. The lowest BCUT2D eigenvalue weighted by Gasteiger charge is -2.30. The molecule has 1 aromatic heterocycles. The van der Waals surface area contributed by atoms with E-state index in [1.165, 1.54) is 11.3 Å². The van der Waals surface area contributed by atoms with Gasteiger partial charge in [0.25, 0.3) is 0 Å². The van der Waals surface area contributed by atoms with Gasteiger partial charge >= 0.3 is 12.0 Å². The SMILES string of the molecule is CCc1cnc(NC(=O)N2CCCC(C(=O)O)C2)s1. The van der Waals surface area contributed by atoms with E-state index in [2.05, 4.69) is 10.3 Å². The molecule has 0 aliphatic carbocycles. The summed E-state index contributed by atoms with van der Waals surface area (Å²) in [6.07, 6.45) is 3.99. The summed E-state index contributed by atoms with van der Waals surface area (Å²) in [5, 5.41) is 12.3. The molecule has 1 saturated heterocycles. The molecule has 0 aromatic carbocycles. The summed E-state index contributed by atoms with van der Waals surface area (Å²) in [7, 11) is 0. The van der Waals surface area contributed by atoms with Gasteiger partial charge in [-0.2, -0.15) is 0 Å². The van der Waals surface area contributed by atoms with E-state index >= 15 is 0 Å². The first kappa shape index (κ1) is 13.8. The highest BCUT2D eigenvalue weighted by atomic mass is 32.1. The van der Waals surface area contributed by atoms with Gasteiger partial charge < -0.3 is 10.0 Å². The van der Waals surface area contributed by atoms with Crippen molar-refractivity contribution < 1.29 is 14.7 Å². The summed E-state index contributed by atoms with van der Waals surface area (Å²) in [6.45, 7) is 2.90. The number of urea groups is 1. The molecule has 0 radical (unpaired) electrons. The third-order valence-corrected chi connectivity index (χ3v) is 4.23. The van der Waals surface area contributed by atoms with Crippen LogP contribution in [-0.4, -0.2) is 40.1 Å². The molecule has 1 aromatic rings. The number of hydrogen-bond donors (Lipinski definition) is 2. The largest absolute Gasteiger partial charge is 0.481 e. The number of piperidine rings is 1. The fourth-order valence-electron chi connectivity index (χ4n) is 2.06. The number of likely N-dealkylation sites (tertiary alicyclic amines) is 1. The van der Waals surface area contributed by atoms with Crippen molar-refractivity contribution in [3.05, 3.63) is 11.1 Å². The van der Waals surface area contributed by atoms with Crippen LogP contribution >= 0.6 is 11.3 Å². The summed E-state index contributed by atoms with van der Waals surface area (Å²) in [6, 6.07) is -0.261. The van der Waals surface area contributed by atoms with Gasteiger partial charge in [-0.15, -0.1) is 11.3 Å². The molecule has 2 N–H and O–H groups in total. The van der Waals surface area contributed by atoms with Gasteiger partial charge in [-0.25, -0.2) is 9.78 Å². The number of nitrogens with zero attached hydrogens (tertiary/aromatic N) is 2. The quantitative estimate of drug-likeness (QED) is 0.889. The van der Waals surface area contributed by atoms with Crippen molar-refractivity contribution in [1.82, 2.24) is 9.88 Å². The molecule has 19 heavy (non-hydrogen) atoms. The summed E-state index contributed by atoms with van der Waals surface area (Å²) in [5.41, 5.74) is 0. The van der Waals surface area contributed by atoms with Crippen LogP contribution < -0.4 is 5.32 Å². The molecular formula is C12H17N3O3S. The fraction of sp³-hybridized carbons (Fsp3) is 0.583. The van der Waals surface area contributed by atoms with E-state index in [4.69, 9.17) is 5.11 Å². The number of aryl methyl sites for hydroxylation is 1. The molecule has 1 fully saturated rings. The average molecular weight is 283 g/mol. The first-order valence-electron chi connectivity index (χ1n) is 6.33. The maximum Gasteiger partial charge on any atom is 0.323 e. The first-order chi connectivity index (χ1) is 9.10. The van der Waals surface area contributed by atoms with Crippen molar-refractivity contribution >= 4 is 28.5 Å². The van der Waals surface area contributed by atoms with Crippen LogP contribution in [0.2, 0.25) is 0 Å². The lowest BCUT2D eigenvalue weighted by atomic mass is 9.99. The molecule has 1 unspecified atom stereocenters. The number of thiazole rings is 1. The second-order valence-electron chi connectivity index (χ2n) is 4.54. The highest BCUT2D eigenvalue weighted by Gasteiger charge is 2.28. The standard InChI is InChI=1S/C12H17N3O3S/c1-2-9-6-13-11(19-9)14-12(18)15-5-3-4-8(7-15)10(16)17/h6,8H,2-5,7H2,1H3,(H,16,17)(H,13,14,18). The van der Waals surface area contributed by atoms with Gasteiger partial charge in [0.2, 0.25) is 0 Å². The van der Waals surface area contributed by atoms with E-state index in [0.717, 1.165) is 17.7 Å². The molecule has 2 heterocycles. The van der Waals surface area contributed by atoms with E-state index in [1.54, 1.807) is 11.1 Å². The van der Waals surface area contributed by atoms with Gasteiger partial charge in [0.1, 0.15) is 0 Å². The minimum absolute atomic E-state index is 0.261. The van der Waals surface area contributed by atoms with Crippen molar-refractivity contribution in [2.45, 2.75) is 26.2 Å². The first-order valence-corrected chi connectivity index (χ1v) is 7.15. The Bertz CT molecular complexity index is 475. The van der Waals surface area contributed by atoms with Crippen LogP contribution in [0.25, 0.3) is 0 Å². The summed E-state index contributed by atoms with van der Waals surface area (Å²) >= 11 is 1.45. The highest BCUT2D eigenvalue weighted by molar-refractivity contribution is 7.15. The predicted molar refractivity (Wildman–Crippen MR) is 72.4 cm³/mol. The van der Waals surface area contributed by atoms with Crippen LogP contribution in [-0.2, 0) is 11.2 Å². The average Bonchev–Trinajstić information content (AvgIpc) is 2.86. The van der Waals surface area contributed by atoms with E-state index in [9.17, 15) is 9.59 Å². The van der Waals surface area contributed by atoms with Gasteiger partial charge in [-0.05, 0) is 19.3 Å². The van der Waals surface area contributed by atoms with Gasteiger partial charge in [0.15, 0.2) is 5.13 Å². The molecule has 2 amide bonds. The van der Waals surface area contributed by atoms with E-state index in [-0.39, 0.29) is 12.6 Å². The molecule has 0 spiro atoms. The minimum atomic E-state index is -0.833. The van der Waals surface area contributed by atoms with Crippen molar-refractivity contribution in [3.63, 3.8) is 0 Å². The van der Waals surface area contributed by atoms with Crippen LogP contribution in [0, 0.1) is 5.92 Å².